The molecule has 90 valence electrons. The van der Waals surface area contributed by atoms with Gasteiger partial charge in [-0.2, -0.15) is 0 Å². The van der Waals surface area contributed by atoms with E-state index in [1.165, 1.54) is 0 Å². The largest absolute Gasteiger partial charge is 0.472 e. The van der Waals surface area contributed by atoms with Gasteiger partial charge in [-0.15, -0.1) is 0 Å². The molecule has 3 rings (SSSR count). The maximum absolute atomic E-state index is 12.1. The summed E-state index contributed by atoms with van der Waals surface area (Å²) in [5, 5.41) is 10.7. The summed E-state index contributed by atoms with van der Waals surface area (Å²) in [5.41, 5.74) is 0.196. The number of fused-ring (bicyclic) bond motifs is 1. The fraction of sp³-hybridized carbons (Fsp3) is 0.500. The van der Waals surface area contributed by atoms with Gasteiger partial charge in [-0.25, -0.2) is 0 Å². The van der Waals surface area contributed by atoms with E-state index in [1.54, 1.807) is 18.6 Å². The molecule has 1 aromatic heterocycles. The maximum Gasteiger partial charge on any atom is 0.188 e. The molecule has 2 aliphatic carbocycles. The van der Waals surface area contributed by atoms with Crippen molar-refractivity contribution in [2.24, 2.45) is 5.41 Å². The van der Waals surface area contributed by atoms with Crippen LogP contribution in [-0.4, -0.2) is 16.5 Å². The van der Waals surface area contributed by atoms with Crippen molar-refractivity contribution in [1.29, 1.82) is 0 Å². The van der Waals surface area contributed by atoms with E-state index < -0.39 is 11.0 Å². The molecule has 2 atom stereocenters. The molecular weight excluding hydrogens is 216 g/mol. The number of furan rings is 1. The van der Waals surface area contributed by atoms with Crippen molar-refractivity contribution in [2.75, 3.05) is 0 Å². The quantitative estimate of drug-likeness (QED) is 0.809. The monoisotopic (exact) mass is 232 g/mol. The molecule has 3 nitrogen and oxygen atoms in total. The van der Waals surface area contributed by atoms with Gasteiger partial charge < -0.3 is 9.52 Å². The molecule has 1 heterocycles. The zero-order valence-corrected chi connectivity index (χ0v) is 9.90. The first kappa shape index (κ1) is 10.8. The van der Waals surface area contributed by atoms with E-state index in [0.29, 0.717) is 6.42 Å². The van der Waals surface area contributed by atoms with Gasteiger partial charge in [0.05, 0.1) is 12.5 Å². The molecule has 1 N–H and O–H groups in total. The molecule has 17 heavy (non-hydrogen) atoms. The molecule has 1 aromatic rings. The van der Waals surface area contributed by atoms with E-state index in [1.807, 2.05) is 13.0 Å². The number of aliphatic hydroxyl groups is 1. The van der Waals surface area contributed by atoms with Crippen LogP contribution >= 0.6 is 0 Å². The number of ketones is 1. The van der Waals surface area contributed by atoms with Gasteiger partial charge in [0.15, 0.2) is 5.78 Å². The summed E-state index contributed by atoms with van der Waals surface area (Å²) < 4.78 is 5.09. The first-order valence-corrected chi connectivity index (χ1v) is 6.09. The van der Waals surface area contributed by atoms with E-state index in [4.69, 9.17) is 4.42 Å². The molecule has 0 saturated heterocycles. The second-order valence-electron chi connectivity index (χ2n) is 5.33. The third-order valence-corrected chi connectivity index (χ3v) is 4.49. The predicted molar refractivity (Wildman–Crippen MR) is 63.2 cm³/mol. The number of hydrogen-bond donors (Lipinski definition) is 1. The second-order valence-corrected chi connectivity index (χ2v) is 5.33. The Morgan fingerprint density at radius 2 is 2.12 bits per heavy atom. The number of carbonyl (C=O) groups excluding carboxylic acids is 1. The zero-order chi connectivity index (χ0) is 12.1. The number of carbonyl (C=O) groups is 1. The van der Waals surface area contributed by atoms with Gasteiger partial charge >= 0.3 is 0 Å². The lowest BCUT2D eigenvalue weighted by atomic mass is 9.62. The molecule has 3 heteroatoms. The van der Waals surface area contributed by atoms with E-state index in [0.717, 1.165) is 30.4 Å². The SMILES string of the molecule is C[C@]12CCCC[C@@]1(O)C(=O)C=C2c1ccoc1. The first-order chi connectivity index (χ1) is 8.08. The van der Waals surface area contributed by atoms with Crippen molar-refractivity contribution in [3.05, 3.63) is 30.2 Å². The van der Waals surface area contributed by atoms with Crippen molar-refractivity contribution in [3.63, 3.8) is 0 Å². The van der Waals surface area contributed by atoms with Crippen molar-refractivity contribution in [2.45, 2.75) is 38.2 Å². The summed E-state index contributed by atoms with van der Waals surface area (Å²) >= 11 is 0. The van der Waals surface area contributed by atoms with Crippen molar-refractivity contribution >= 4 is 11.4 Å². The predicted octanol–water partition coefficient (Wildman–Crippen LogP) is 2.56. The standard InChI is InChI=1S/C14H16O3/c1-13-5-2-3-6-14(13,16)12(15)8-11(13)10-4-7-17-9-10/h4,7-9,16H,2-3,5-6H2,1H3/t13-,14-/m1/s1. The highest BCUT2D eigenvalue weighted by Crippen LogP contribution is 2.56. The zero-order valence-electron chi connectivity index (χ0n) is 9.90. The summed E-state index contributed by atoms with van der Waals surface area (Å²) in [6.07, 6.45) is 8.25. The summed E-state index contributed by atoms with van der Waals surface area (Å²) in [6.45, 7) is 2.00. The van der Waals surface area contributed by atoms with E-state index in [9.17, 15) is 9.90 Å². The molecule has 1 fully saturated rings. The fourth-order valence-electron chi connectivity index (χ4n) is 3.32. The molecule has 0 bridgehead atoms. The number of hydrogen-bond acceptors (Lipinski definition) is 3. The van der Waals surface area contributed by atoms with E-state index >= 15 is 0 Å². The van der Waals surface area contributed by atoms with Crippen LogP contribution in [0.15, 0.2) is 29.1 Å². The van der Waals surface area contributed by atoms with Crippen LogP contribution < -0.4 is 0 Å². The third-order valence-electron chi connectivity index (χ3n) is 4.49. The van der Waals surface area contributed by atoms with Crippen molar-refractivity contribution in [3.8, 4) is 0 Å². The molecule has 2 aliphatic rings. The molecule has 0 aliphatic heterocycles. The first-order valence-electron chi connectivity index (χ1n) is 6.09. The average molecular weight is 232 g/mol. The van der Waals surface area contributed by atoms with Crippen LogP contribution in [0.2, 0.25) is 0 Å². The Hall–Kier alpha value is -1.35. The Bertz CT molecular complexity index is 486. The van der Waals surface area contributed by atoms with Gasteiger partial charge in [-0.1, -0.05) is 19.8 Å². The highest BCUT2D eigenvalue weighted by molar-refractivity contribution is 6.10. The average Bonchev–Trinajstić information content (AvgIpc) is 2.88. The number of rotatable bonds is 1. The van der Waals surface area contributed by atoms with Crippen LogP contribution in [0.3, 0.4) is 0 Å². The maximum atomic E-state index is 12.1. The van der Waals surface area contributed by atoms with E-state index in [2.05, 4.69) is 0 Å². The van der Waals surface area contributed by atoms with Gasteiger partial charge in [0.2, 0.25) is 0 Å². The lowest BCUT2D eigenvalue weighted by Crippen LogP contribution is -2.50. The van der Waals surface area contributed by atoms with Crippen LogP contribution in [0.5, 0.6) is 0 Å². The Labute approximate surface area is 100 Å². The van der Waals surface area contributed by atoms with Crippen LogP contribution in [-0.2, 0) is 4.79 Å². The highest BCUT2D eigenvalue weighted by atomic mass is 16.3. The Kier molecular flexibility index (Phi) is 2.11. The van der Waals surface area contributed by atoms with Crippen LogP contribution in [0.1, 0.15) is 38.2 Å². The second kappa shape index (κ2) is 3.33. The normalized spacial score (nSPS) is 36.8. The Morgan fingerprint density at radius 1 is 1.35 bits per heavy atom. The van der Waals surface area contributed by atoms with Crippen molar-refractivity contribution in [1.82, 2.24) is 0 Å². The Morgan fingerprint density at radius 3 is 2.82 bits per heavy atom. The lowest BCUT2D eigenvalue weighted by Gasteiger charge is -2.44. The third kappa shape index (κ3) is 1.23. The molecule has 0 spiro atoms. The summed E-state index contributed by atoms with van der Waals surface area (Å²) in [6, 6.07) is 1.85. The van der Waals surface area contributed by atoms with Gasteiger partial charge in [-0.05, 0) is 30.6 Å². The molecular formula is C14H16O3. The topological polar surface area (TPSA) is 50.4 Å². The lowest BCUT2D eigenvalue weighted by molar-refractivity contribution is -0.144. The summed E-state index contributed by atoms with van der Waals surface area (Å²) in [5.74, 6) is -0.143. The smallest absolute Gasteiger partial charge is 0.188 e. The molecule has 0 radical (unpaired) electrons. The van der Waals surface area contributed by atoms with Gasteiger partial charge in [-0.3, -0.25) is 4.79 Å². The van der Waals surface area contributed by atoms with Gasteiger partial charge in [0.1, 0.15) is 5.60 Å². The minimum absolute atomic E-state index is 0.143. The molecule has 0 aromatic carbocycles. The highest BCUT2D eigenvalue weighted by Gasteiger charge is 2.58. The van der Waals surface area contributed by atoms with Crippen LogP contribution in [0, 0.1) is 5.41 Å². The minimum Gasteiger partial charge on any atom is -0.472 e. The van der Waals surface area contributed by atoms with Gasteiger partial charge in [0.25, 0.3) is 0 Å². The van der Waals surface area contributed by atoms with Crippen LogP contribution in [0.25, 0.3) is 5.57 Å². The molecule has 1 saturated carbocycles. The van der Waals surface area contributed by atoms with E-state index in [-0.39, 0.29) is 5.78 Å². The Balaban J connectivity index is 2.12. The molecule has 0 amide bonds. The van der Waals surface area contributed by atoms with Crippen LogP contribution in [0.4, 0.5) is 0 Å². The summed E-state index contributed by atoms with van der Waals surface area (Å²) in [7, 11) is 0. The minimum atomic E-state index is -1.20. The van der Waals surface area contributed by atoms with Crippen molar-refractivity contribution < 1.29 is 14.3 Å². The molecule has 0 unspecified atom stereocenters. The fourth-order valence-corrected chi connectivity index (χ4v) is 3.32. The van der Waals surface area contributed by atoms with Gasteiger partial charge in [0, 0.05) is 11.0 Å². The summed E-state index contributed by atoms with van der Waals surface area (Å²) in [4.78, 5) is 12.1.